The van der Waals surface area contributed by atoms with E-state index in [1.54, 1.807) is 0 Å². The Morgan fingerprint density at radius 3 is 2.43 bits per heavy atom. The van der Waals surface area contributed by atoms with Crippen molar-refractivity contribution in [1.29, 1.82) is 0 Å². The fourth-order valence-electron chi connectivity index (χ4n) is 2.48. The maximum Gasteiger partial charge on any atom is 0.270 e. The van der Waals surface area contributed by atoms with Crippen molar-refractivity contribution < 1.29 is 9.72 Å². The zero-order chi connectivity index (χ0) is 20.7. The van der Waals surface area contributed by atoms with Gasteiger partial charge in [0.05, 0.1) is 10.6 Å². The number of hydrogen-bond donors (Lipinski definition) is 1. The number of thiocarbonyl (C=S) groups is 1. The average molecular weight is 482 g/mol. The Morgan fingerprint density at radius 1 is 1.25 bits per heavy atom. The quantitative estimate of drug-likeness (QED) is 0.324. The predicted octanol–water partition coefficient (Wildman–Crippen LogP) is 5.40. The van der Waals surface area contributed by atoms with Crippen molar-refractivity contribution in [2.45, 2.75) is 19.1 Å². The molecule has 0 saturated heterocycles. The molecule has 1 atom stereocenters. The predicted molar refractivity (Wildman–Crippen MR) is 122 cm³/mol. The van der Waals surface area contributed by atoms with Gasteiger partial charge >= 0.3 is 0 Å². The summed E-state index contributed by atoms with van der Waals surface area (Å²) in [6.45, 7) is 5.56. The van der Waals surface area contributed by atoms with E-state index < -0.39 is 10.2 Å². The molecular weight excluding hydrogens is 462 g/mol. The SMILES string of the molecule is CCN(CC)C(=S)SC(C(=O)Nc1ccc([N+](=O)[O-])cc1Br)c1ccccc1. The molecule has 2 aromatic rings. The summed E-state index contributed by atoms with van der Waals surface area (Å²) in [5.41, 5.74) is 1.24. The van der Waals surface area contributed by atoms with E-state index in [9.17, 15) is 14.9 Å². The first-order valence-electron chi connectivity index (χ1n) is 8.62. The molecule has 1 amide bonds. The second-order valence-corrected chi connectivity index (χ2v) is 8.35. The molecule has 0 bridgehead atoms. The van der Waals surface area contributed by atoms with Crippen LogP contribution in [-0.2, 0) is 4.79 Å². The number of non-ortho nitro benzene ring substituents is 1. The highest BCUT2D eigenvalue weighted by Crippen LogP contribution is 2.34. The summed E-state index contributed by atoms with van der Waals surface area (Å²) in [6.07, 6.45) is 0. The molecule has 0 heterocycles. The van der Waals surface area contributed by atoms with E-state index >= 15 is 0 Å². The fourth-order valence-corrected chi connectivity index (χ4v) is 4.56. The number of nitrogens with zero attached hydrogens (tertiary/aromatic N) is 2. The maximum absolute atomic E-state index is 13.1. The first-order chi connectivity index (χ1) is 13.4. The van der Waals surface area contributed by atoms with Gasteiger partial charge in [0.25, 0.3) is 5.69 Å². The van der Waals surface area contributed by atoms with E-state index in [1.165, 1.54) is 30.0 Å². The lowest BCUT2D eigenvalue weighted by atomic mass is 10.1. The summed E-state index contributed by atoms with van der Waals surface area (Å²) in [5, 5.41) is 13.2. The standard InChI is InChI=1S/C19H20BrN3O3S2/c1-3-22(4-2)19(27)28-17(13-8-6-5-7-9-13)18(24)21-16-11-10-14(23(25)26)12-15(16)20/h5-12,17H,3-4H2,1-2H3,(H,21,24). The van der Waals surface area contributed by atoms with Crippen LogP contribution >= 0.6 is 39.9 Å². The van der Waals surface area contributed by atoms with Crippen LogP contribution in [0.25, 0.3) is 0 Å². The number of carbonyl (C=O) groups excluding carboxylic acids is 1. The van der Waals surface area contributed by atoms with Gasteiger partial charge in [-0.05, 0) is 41.4 Å². The Morgan fingerprint density at radius 2 is 1.89 bits per heavy atom. The molecule has 0 fully saturated rings. The van der Waals surface area contributed by atoms with E-state index in [2.05, 4.69) is 21.2 Å². The van der Waals surface area contributed by atoms with Crippen molar-refractivity contribution in [3.63, 3.8) is 0 Å². The lowest BCUT2D eigenvalue weighted by molar-refractivity contribution is -0.384. The molecule has 0 radical (unpaired) electrons. The van der Waals surface area contributed by atoms with Crippen molar-refractivity contribution in [1.82, 2.24) is 4.90 Å². The number of rotatable bonds is 7. The molecule has 1 unspecified atom stereocenters. The molecule has 28 heavy (non-hydrogen) atoms. The van der Waals surface area contributed by atoms with Crippen molar-refractivity contribution in [2.24, 2.45) is 0 Å². The van der Waals surface area contributed by atoms with E-state index in [0.29, 0.717) is 14.5 Å². The number of benzene rings is 2. The van der Waals surface area contributed by atoms with Crippen LogP contribution in [0.2, 0.25) is 0 Å². The van der Waals surface area contributed by atoms with E-state index in [4.69, 9.17) is 12.2 Å². The molecule has 0 aliphatic carbocycles. The van der Waals surface area contributed by atoms with E-state index in [-0.39, 0.29) is 11.6 Å². The van der Waals surface area contributed by atoms with Crippen LogP contribution in [0, 0.1) is 10.1 Å². The Kier molecular flexibility index (Phi) is 8.40. The van der Waals surface area contributed by atoms with Crippen molar-refractivity contribution in [3.8, 4) is 0 Å². The van der Waals surface area contributed by atoms with Gasteiger partial charge in [-0.2, -0.15) is 0 Å². The zero-order valence-electron chi connectivity index (χ0n) is 15.4. The monoisotopic (exact) mass is 481 g/mol. The van der Waals surface area contributed by atoms with Crippen molar-refractivity contribution in [3.05, 3.63) is 68.7 Å². The summed E-state index contributed by atoms with van der Waals surface area (Å²) in [5.74, 6) is -0.250. The third-order valence-electron chi connectivity index (χ3n) is 4.00. The number of amides is 1. The highest BCUT2D eigenvalue weighted by molar-refractivity contribution is 9.10. The number of nitro groups is 1. The Labute approximate surface area is 182 Å². The Hall–Kier alpha value is -1.97. The van der Waals surface area contributed by atoms with Gasteiger partial charge in [0, 0.05) is 29.7 Å². The molecule has 2 rings (SSSR count). The largest absolute Gasteiger partial charge is 0.358 e. The lowest BCUT2D eigenvalue weighted by Gasteiger charge is -2.24. The highest BCUT2D eigenvalue weighted by Gasteiger charge is 2.25. The number of anilines is 1. The van der Waals surface area contributed by atoms with Crippen LogP contribution in [0.5, 0.6) is 0 Å². The Bertz CT molecular complexity index is 861. The van der Waals surface area contributed by atoms with Gasteiger partial charge in [-0.1, -0.05) is 54.3 Å². The minimum absolute atomic E-state index is 0.0541. The third-order valence-corrected chi connectivity index (χ3v) is 6.39. The van der Waals surface area contributed by atoms with Crippen molar-refractivity contribution in [2.75, 3.05) is 18.4 Å². The topological polar surface area (TPSA) is 75.5 Å². The second-order valence-electron chi connectivity index (χ2n) is 5.76. The molecule has 6 nitrogen and oxygen atoms in total. The van der Waals surface area contributed by atoms with E-state index in [0.717, 1.165) is 18.7 Å². The van der Waals surface area contributed by atoms with Gasteiger partial charge in [-0.3, -0.25) is 14.9 Å². The lowest BCUT2D eigenvalue weighted by Crippen LogP contribution is -2.29. The molecular formula is C19H20BrN3O3S2. The molecule has 148 valence electrons. The van der Waals surface area contributed by atoms with Crippen LogP contribution < -0.4 is 5.32 Å². The molecule has 9 heteroatoms. The van der Waals surface area contributed by atoms with Gasteiger partial charge in [0.2, 0.25) is 5.91 Å². The van der Waals surface area contributed by atoms with Gasteiger partial charge in [0.1, 0.15) is 9.57 Å². The minimum Gasteiger partial charge on any atom is -0.358 e. The van der Waals surface area contributed by atoms with Crippen LogP contribution in [0.1, 0.15) is 24.7 Å². The van der Waals surface area contributed by atoms with Crippen LogP contribution in [-0.4, -0.2) is 33.1 Å². The molecule has 0 saturated carbocycles. The maximum atomic E-state index is 13.1. The number of carbonyl (C=O) groups is 1. The molecule has 2 aromatic carbocycles. The van der Waals surface area contributed by atoms with Gasteiger partial charge in [0.15, 0.2) is 0 Å². The van der Waals surface area contributed by atoms with Crippen LogP contribution in [0.3, 0.4) is 0 Å². The number of hydrogen-bond acceptors (Lipinski definition) is 5. The molecule has 0 spiro atoms. The fraction of sp³-hybridized carbons (Fsp3) is 0.263. The smallest absolute Gasteiger partial charge is 0.270 e. The molecule has 1 N–H and O–H groups in total. The summed E-state index contributed by atoms with van der Waals surface area (Å²) >= 11 is 10.1. The summed E-state index contributed by atoms with van der Waals surface area (Å²) in [6, 6.07) is 13.6. The second kappa shape index (κ2) is 10.5. The summed E-state index contributed by atoms with van der Waals surface area (Å²) < 4.78 is 1.09. The van der Waals surface area contributed by atoms with Gasteiger partial charge in [-0.25, -0.2) is 0 Å². The molecule has 0 aliphatic rings. The highest BCUT2D eigenvalue weighted by atomic mass is 79.9. The van der Waals surface area contributed by atoms with Gasteiger partial charge < -0.3 is 10.2 Å². The minimum atomic E-state index is -0.545. The summed E-state index contributed by atoms with van der Waals surface area (Å²) in [7, 11) is 0. The average Bonchev–Trinajstić information content (AvgIpc) is 2.69. The number of halogens is 1. The van der Waals surface area contributed by atoms with Crippen LogP contribution in [0.15, 0.2) is 53.0 Å². The Balaban J connectivity index is 2.27. The molecule has 0 aromatic heterocycles. The normalized spacial score (nSPS) is 11.5. The van der Waals surface area contributed by atoms with E-state index in [1.807, 2.05) is 49.1 Å². The molecule has 0 aliphatic heterocycles. The first kappa shape index (κ1) is 22.3. The van der Waals surface area contributed by atoms with Crippen LogP contribution in [0.4, 0.5) is 11.4 Å². The van der Waals surface area contributed by atoms with Gasteiger partial charge in [-0.15, -0.1) is 0 Å². The number of thioether (sulfide) groups is 1. The summed E-state index contributed by atoms with van der Waals surface area (Å²) in [4.78, 5) is 25.5. The first-order valence-corrected chi connectivity index (χ1v) is 10.7. The van der Waals surface area contributed by atoms with Crippen molar-refractivity contribution >= 4 is 61.5 Å². The third kappa shape index (κ3) is 5.76. The number of nitrogens with one attached hydrogen (secondary N) is 1. The zero-order valence-corrected chi connectivity index (χ0v) is 18.6. The number of nitro benzene ring substituents is 1.